The van der Waals surface area contributed by atoms with Crippen molar-refractivity contribution in [2.75, 3.05) is 29.9 Å². The van der Waals surface area contributed by atoms with Crippen molar-refractivity contribution >= 4 is 52.5 Å². The normalized spacial score (nSPS) is 13.8. The Hall–Kier alpha value is -2.31. The third kappa shape index (κ3) is 4.65. The fourth-order valence-corrected chi connectivity index (χ4v) is 4.50. The molecule has 7 heteroatoms. The van der Waals surface area contributed by atoms with Crippen molar-refractivity contribution < 1.29 is 4.79 Å². The lowest BCUT2D eigenvalue weighted by atomic mass is 10.1. The summed E-state index contributed by atoms with van der Waals surface area (Å²) in [5.41, 5.74) is 6.26. The number of amides is 1. The van der Waals surface area contributed by atoms with E-state index in [0.717, 1.165) is 47.1 Å². The lowest BCUT2D eigenvalue weighted by Crippen LogP contribution is -2.38. The largest absolute Gasteiger partial charge is 0.354 e. The van der Waals surface area contributed by atoms with Gasteiger partial charge in [0, 0.05) is 47.6 Å². The Morgan fingerprint density at radius 2 is 1.76 bits per heavy atom. The number of carbonyl (C=O) groups is 1. The molecule has 3 aromatic rings. The predicted octanol–water partition coefficient (Wildman–Crippen LogP) is 4.91. The number of anilines is 2. The van der Waals surface area contributed by atoms with Gasteiger partial charge in [-0.25, -0.2) is 9.97 Å². The number of thioether (sulfide) groups is 1. The van der Waals surface area contributed by atoms with Crippen LogP contribution in [0.25, 0.3) is 11.0 Å². The van der Waals surface area contributed by atoms with E-state index in [2.05, 4.69) is 47.3 Å². The van der Waals surface area contributed by atoms with Crippen LogP contribution in [-0.2, 0) is 0 Å². The lowest BCUT2D eigenvalue weighted by Gasteiger charge is -2.27. The average molecular weight is 429 g/mol. The molecule has 0 bridgehead atoms. The van der Waals surface area contributed by atoms with Gasteiger partial charge in [-0.3, -0.25) is 4.79 Å². The molecule has 4 rings (SSSR count). The van der Waals surface area contributed by atoms with Crippen molar-refractivity contribution in [1.29, 1.82) is 0 Å². The van der Waals surface area contributed by atoms with E-state index in [0.29, 0.717) is 11.2 Å². The van der Waals surface area contributed by atoms with Gasteiger partial charge in [0.2, 0.25) is 0 Å². The van der Waals surface area contributed by atoms with E-state index in [1.165, 1.54) is 11.1 Å². The molecule has 0 spiro atoms. The average Bonchev–Trinajstić information content (AvgIpc) is 2.67. The molecule has 1 aliphatic heterocycles. The van der Waals surface area contributed by atoms with Gasteiger partial charge in [-0.05, 0) is 56.2 Å². The van der Waals surface area contributed by atoms with Crippen LogP contribution in [0.1, 0.15) is 27.2 Å². The van der Waals surface area contributed by atoms with Crippen LogP contribution in [0, 0.1) is 20.8 Å². The first-order valence-electron chi connectivity index (χ1n) is 9.50. The third-order valence-electron chi connectivity index (χ3n) is 4.89. The zero-order chi connectivity index (χ0) is 19.7. The van der Waals surface area contributed by atoms with Crippen molar-refractivity contribution in [3.8, 4) is 0 Å². The summed E-state index contributed by atoms with van der Waals surface area (Å²) in [7, 11) is 0. The number of carbonyl (C=O) groups excluding carboxylic acids is 1. The van der Waals surface area contributed by atoms with Crippen LogP contribution in [0.3, 0.4) is 0 Å². The number of nitrogens with zero attached hydrogens (tertiary/aromatic N) is 3. The number of rotatable bonds is 3. The monoisotopic (exact) mass is 428 g/mol. The first-order chi connectivity index (χ1) is 13.5. The molecule has 0 radical (unpaired) electrons. The van der Waals surface area contributed by atoms with E-state index in [1.54, 1.807) is 6.20 Å². The topological polar surface area (TPSA) is 58.1 Å². The maximum atomic E-state index is 13.3. The summed E-state index contributed by atoms with van der Waals surface area (Å²) in [6.07, 6.45) is 1.67. The minimum atomic E-state index is 0. The van der Waals surface area contributed by atoms with Gasteiger partial charge in [0.25, 0.3) is 5.91 Å². The SMILES string of the molecule is Cc1cc(C)cc(Nc2c(C(=O)N3CCSCC3)cnc3nc(C)ccc23)c1.Cl. The highest BCUT2D eigenvalue weighted by Crippen LogP contribution is 2.30. The van der Waals surface area contributed by atoms with Crippen LogP contribution < -0.4 is 5.32 Å². The molecule has 1 aliphatic rings. The summed E-state index contributed by atoms with van der Waals surface area (Å²) < 4.78 is 0. The van der Waals surface area contributed by atoms with Crippen molar-refractivity contribution in [1.82, 2.24) is 14.9 Å². The molecule has 29 heavy (non-hydrogen) atoms. The van der Waals surface area contributed by atoms with Crippen molar-refractivity contribution in [2.45, 2.75) is 20.8 Å². The number of hydrogen-bond donors (Lipinski definition) is 1. The number of fused-ring (bicyclic) bond motifs is 1. The van der Waals surface area contributed by atoms with Gasteiger partial charge in [0.05, 0.1) is 11.3 Å². The third-order valence-corrected chi connectivity index (χ3v) is 5.83. The standard InChI is InChI=1S/C22H24N4OS.ClH/c1-14-10-15(2)12-17(11-14)25-20-18-5-4-16(3)24-21(18)23-13-19(20)22(27)26-6-8-28-9-7-26;/h4-5,10-13H,6-9H2,1-3H3,(H,23,24,25);1H. The molecule has 1 N–H and O–H groups in total. The van der Waals surface area contributed by atoms with Gasteiger partial charge < -0.3 is 10.2 Å². The molecule has 1 amide bonds. The van der Waals surface area contributed by atoms with Crippen LogP contribution in [0.4, 0.5) is 11.4 Å². The van der Waals surface area contributed by atoms with E-state index in [9.17, 15) is 4.79 Å². The van der Waals surface area contributed by atoms with Crippen LogP contribution in [0.15, 0.2) is 36.5 Å². The summed E-state index contributed by atoms with van der Waals surface area (Å²) >= 11 is 1.89. The van der Waals surface area contributed by atoms with E-state index in [-0.39, 0.29) is 18.3 Å². The van der Waals surface area contributed by atoms with E-state index in [4.69, 9.17) is 0 Å². The molecule has 5 nitrogen and oxygen atoms in total. The Morgan fingerprint density at radius 3 is 2.45 bits per heavy atom. The Balaban J connectivity index is 0.00000240. The molecule has 1 aromatic carbocycles. The lowest BCUT2D eigenvalue weighted by molar-refractivity contribution is 0.0773. The first kappa shape index (κ1) is 21.4. The smallest absolute Gasteiger partial charge is 0.257 e. The molecule has 3 heterocycles. The van der Waals surface area contributed by atoms with Crippen molar-refractivity contribution in [3.05, 3.63) is 58.9 Å². The summed E-state index contributed by atoms with van der Waals surface area (Å²) in [5, 5.41) is 4.37. The van der Waals surface area contributed by atoms with Crippen molar-refractivity contribution in [3.63, 3.8) is 0 Å². The second-order valence-electron chi connectivity index (χ2n) is 7.28. The van der Waals surface area contributed by atoms with Crippen LogP contribution in [-0.4, -0.2) is 45.4 Å². The molecular weight excluding hydrogens is 404 g/mol. The maximum absolute atomic E-state index is 13.3. The molecule has 0 unspecified atom stereocenters. The summed E-state index contributed by atoms with van der Waals surface area (Å²) in [6.45, 7) is 7.65. The van der Waals surface area contributed by atoms with Gasteiger partial charge in [-0.2, -0.15) is 11.8 Å². The quantitative estimate of drug-likeness (QED) is 0.642. The molecule has 1 fully saturated rings. The molecule has 2 aromatic heterocycles. The summed E-state index contributed by atoms with van der Waals surface area (Å²) in [4.78, 5) is 24.2. The first-order valence-corrected chi connectivity index (χ1v) is 10.7. The van der Waals surface area contributed by atoms with E-state index in [1.807, 2.05) is 35.7 Å². The zero-order valence-corrected chi connectivity index (χ0v) is 18.5. The maximum Gasteiger partial charge on any atom is 0.257 e. The number of aromatic nitrogens is 2. The Bertz CT molecular complexity index is 1030. The number of hydrogen-bond acceptors (Lipinski definition) is 5. The Morgan fingerprint density at radius 1 is 1.07 bits per heavy atom. The number of benzene rings is 1. The van der Waals surface area contributed by atoms with E-state index >= 15 is 0 Å². The number of pyridine rings is 2. The number of halogens is 1. The fraction of sp³-hybridized carbons (Fsp3) is 0.318. The van der Waals surface area contributed by atoms with Gasteiger partial charge in [0.15, 0.2) is 5.65 Å². The second kappa shape index (κ2) is 9.01. The minimum Gasteiger partial charge on any atom is -0.354 e. The van der Waals surface area contributed by atoms with Crippen LogP contribution >= 0.6 is 24.2 Å². The highest BCUT2D eigenvalue weighted by molar-refractivity contribution is 7.99. The minimum absolute atomic E-state index is 0. The highest BCUT2D eigenvalue weighted by Gasteiger charge is 2.23. The Kier molecular flexibility index (Phi) is 6.65. The van der Waals surface area contributed by atoms with Crippen LogP contribution in [0.5, 0.6) is 0 Å². The Labute approximate surface area is 181 Å². The fourth-order valence-electron chi connectivity index (χ4n) is 3.60. The molecule has 1 saturated heterocycles. The van der Waals surface area contributed by atoms with Gasteiger partial charge >= 0.3 is 0 Å². The second-order valence-corrected chi connectivity index (χ2v) is 8.50. The van der Waals surface area contributed by atoms with Gasteiger partial charge in [0.1, 0.15) is 0 Å². The number of aryl methyl sites for hydroxylation is 3. The summed E-state index contributed by atoms with van der Waals surface area (Å²) in [6, 6.07) is 10.3. The molecule has 0 atom stereocenters. The van der Waals surface area contributed by atoms with Gasteiger partial charge in [-0.15, -0.1) is 12.4 Å². The van der Waals surface area contributed by atoms with Gasteiger partial charge in [-0.1, -0.05) is 6.07 Å². The predicted molar refractivity (Wildman–Crippen MR) is 124 cm³/mol. The van der Waals surface area contributed by atoms with E-state index < -0.39 is 0 Å². The molecule has 152 valence electrons. The van der Waals surface area contributed by atoms with Crippen LogP contribution in [0.2, 0.25) is 0 Å². The number of nitrogens with one attached hydrogen (secondary N) is 1. The molecular formula is C22H25ClN4OS. The molecule has 0 saturated carbocycles. The van der Waals surface area contributed by atoms with Crippen molar-refractivity contribution in [2.24, 2.45) is 0 Å². The highest BCUT2D eigenvalue weighted by atomic mass is 35.5. The molecule has 0 aliphatic carbocycles. The zero-order valence-electron chi connectivity index (χ0n) is 16.9. The summed E-state index contributed by atoms with van der Waals surface area (Å²) in [5.74, 6) is 1.99.